The Labute approximate surface area is 156 Å². The van der Waals surface area contributed by atoms with Crippen LogP contribution in [0.2, 0.25) is 5.02 Å². The molecule has 2 heterocycles. The first-order valence-corrected chi connectivity index (χ1v) is 8.72. The van der Waals surface area contributed by atoms with Gasteiger partial charge in [-0.25, -0.2) is 0 Å². The summed E-state index contributed by atoms with van der Waals surface area (Å²) < 4.78 is 7.58. The maximum absolute atomic E-state index is 12.8. The zero-order valence-electron chi connectivity index (χ0n) is 14.9. The molecule has 2 atom stereocenters. The van der Waals surface area contributed by atoms with Crippen LogP contribution < -0.4 is 10.6 Å². The molecule has 0 aliphatic carbocycles. The number of aromatic nitrogens is 2. The molecular formula is C18H21ClN4O3. The summed E-state index contributed by atoms with van der Waals surface area (Å²) in [7, 11) is 1.86. The minimum Gasteiger partial charge on any atom is -0.373 e. The summed E-state index contributed by atoms with van der Waals surface area (Å²) in [4.78, 5) is 24.1. The number of carbonyl (C=O) groups is 2. The zero-order chi connectivity index (χ0) is 18.8. The summed E-state index contributed by atoms with van der Waals surface area (Å²) in [6.07, 6.45) is 2.07. The molecule has 26 heavy (non-hydrogen) atoms. The van der Waals surface area contributed by atoms with Crippen LogP contribution in [0.5, 0.6) is 0 Å². The third-order valence-electron chi connectivity index (χ3n) is 4.55. The topological polar surface area (TPSA) is 85.2 Å². The first kappa shape index (κ1) is 18.4. The Morgan fingerprint density at radius 1 is 1.35 bits per heavy atom. The van der Waals surface area contributed by atoms with Crippen LogP contribution in [-0.4, -0.2) is 28.2 Å². The first-order valence-electron chi connectivity index (χ1n) is 8.35. The highest BCUT2D eigenvalue weighted by Gasteiger charge is 2.37. The number of nitrogens with one attached hydrogen (secondary N) is 2. The average Bonchev–Trinajstić information content (AvgIpc) is 3.18. The van der Waals surface area contributed by atoms with Gasteiger partial charge in [0.2, 0.25) is 11.8 Å². The molecule has 8 heteroatoms. The number of nitrogens with zero attached hydrogens (tertiary/aromatic N) is 2. The Bertz CT molecular complexity index is 849. The van der Waals surface area contributed by atoms with Gasteiger partial charge in [-0.3, -0.25) is 14.3 Å². The largest absolute Gasteiger partial charge is 0.373 e. The number of aryl methyl sites for hydroxylation is 1. The van der Waals surface area contributed by atoms with E-state index >= 15 is 0 Å². The second kappa shape index (κ2) is 7.47. The Balaban J connectivity index is 1.77. The number of benzene rings is 1. The van der Waals surface area contributed by atoms with Crippen LogP contribution >= 0.6 is 11.6 Å². The van der Waals surface area contributed by atoms with Crippen LogP contribution in [0.1, 0.15) is 30.7 Å². The summed E-state index contributed by atoms with van der Waals surface area (Å²) in [5.74, 6) is -0.670. The number of anilines is 2. The lowest BCUT2D eigenvalue weighted by Gasteiger charge is -2.18. The minimum absolute atomic E-state index is 0.133. The summed E-state index contributed by atoms with van der Waals surface area (Å²) in [6, 6.07) is 4.98. The van der Waals surface area contributed by atoms with E-state index in [-0.39, 0.29) is 23.8 Å². The first-order chi connectivity index (χ1) is 12.4. The van der Waals surface area contributed by atoms with Crippen molar-refractivity contribution >= 4 is 34.8 Å². The average molecular weight is 377 g/mol. The van der Waals surface area contributed by atoms with E-state index in [1.54, 1.807) is 29.1 Å². The predicted octanol–water partition coefficient (Wildman–Crippen LogP) is 3.06. The molecule has 1 aromatic carbocycles. The van der Waals surface area contributed by atoms with E-state index in [1.807, 2.05) is 14.0 Å². The third kappa shape index (κ3) is 3.73. The molecular weight excluding hydrogens is 356 g/mol. The van der Waals surface area contributed by atoms with Gasteiger partial charge in [0.1, 0.15) is 0 Å². The highest BCUT2D eigenvalue weighted by atomic mass is 35.5. The predicted molar refractivity (Wildman–Crippen MR) is 99.1 cm³/mol. The fraction of sp³-hybridized carbons (Fsp3) is 0.389. The lowest BCUT2D eigenvalue weighted by molar-refractivity contribution is -0.121. The van der Waals surface area contributed by atoms with Gasteiger partial charge in [-0.15, -0.1) is 0 Å². The number of halogens is 1. The second-order valence-electron chi connectivity index (χ2n) is 6.36. The van der Waals surface area contributed by atoms with E-state index in [4.69, 9.17) is 16.3 Å². The molecule has 2 amide bonds. The molecule has 1 fully saturated rings. The van der Waals surface area contributed by atoms with Gasteiger partial charge in [-0.1, -0.05) is 11.6 Å². The van der Waals surface area contributed by atoms with Gasteiger partial charge in [0.25, 0.3) is 0 Å². The molecule has 138 valence electrons. The van der Waals surface area contributed by atoms with Gasteiger partial charge < -0.3 is 15.4 Å². The van der Waals surface area contributed by atoms with Crippen LogP contribution in [0.3, 0.4) is 0 Å². The van der Waals surface area contributed by atoms with Crippen LogP contribution in [0, 0.1) is 12.8 Å². The van der Waals surface area contributed by atoms with Gasteiger partial charge in [0, 0.05) is 37.5 Å². The van der Waals surface area contributed by atoms with Crippen LogP contribution in [0.15, 0.2) is 24.4 Å². The van der Waals surface area contributed by atoms with Crippen molar-refractivity contribution in [3.8, 4) is 0 Å². The zero-order valence-corrected chi connectivity index (χ0v) is 15.6. The number of amides is 2. The monoisotopic (exact) mass is 376 g/mol. The normalized spacial score (nSPS) is 19.4. The Morgan fingerprint density at radius 3 is 2.77 bits per heavy atom. The highest BCUT2D eigenvalue weighted by molar-refractivity contribution is 6.33. The fourth-order valence-corrected chi connectivity index (χ4v) is 3.25. The molecule has 1 aromatic heterocycles. The number of ether oxygens (including phenoxy) is 1. The second-order valence-corrected chi connectivity index (χ2v) is 6.77. The number of hydrogen-bond donors (Lipinski definition) is 2. The summed E-state index contributed by atoms with van der Waals surface area (Å²) in [5, 5.41) is 10.2. The summed E-state index contributed by atoms with van der Waals surface area (Å²) >= 11 is 6.07. The van der Waals surface area contributed by atoms with Crippen molar-refractivity contribution < 1.29 is 14.3 Å². The van der Waals surface area contributed by atoms with Crippen molar-refractivity contribution in [3.63, 3.8) is 0 Å². The smallest absolute Gasteiger partial charge is 0.230 e. The lowest BCUT2D eigenvalue weighted by atomic mass is 9.95. The van der Waals surface area contributed by atoms with Crippen molar-refractivity contribution in [1.82, 2.24) is 9.78 Å². The van der Waals surface area contributed by atoms with Crippen molar-refractivity contribution in [2.75, 3.05) is 17.2 Å². The standard InChI is InChI=1S/C18H21ClN4O3/c1-10-14(9-20-23(10)3)17-13(6-7-26-17)18(25)22-12-4-5-15(19)16(8-12)21-11(2)24/h4-5,8-9,13,17H,6-7H2,1-3H3,(H,21,24)(H,22,25)/t13-,17-/m0/s1. The quantitative estimate of drug-likeness (QED) is 0.858. The Morgan fingerprint density at radius 2 is 2.12 bits per heavy atom. The molecule has 1 aliphatic heterocycles. The van der Waals surface area contributed by atoms with Gasteiger partial charge >= 0.3 is 0 Å². The van der Waals surface area contributed by atoms with Crippen molar-refractivity contribution in [3.05, 3.63) is 40.7 Å². The molecule has 1 saturated heterocycles. The molecule has 0 spiro atoms. The fourth-order valence-electron chi connectivity index (χ4n) is 3.08. The van der Waals surface area contributed by atoms with E-state index in [9.17, 15) is 9.59 Å². The number of rotatable bonds is 4. The van der Waals surface area contributed by atoms with Gasteiger partial charge in [0.15, 0.2) is 0 Å². The van der Waals surface area contributed by atoms with Crippen LogP contribution in [0.25, 0.3) is 0 Å². The van der Waals surface area contributed by atoms with Gasteiger partial charge in [-0.05, 0) is 31.5 Å². The molecule has 0 unspecified atom stereocenters. The van der Waals surface area contributed by atoms with Crippen molar-refractivity contribution in [1.29, 1.82) is 0 Å². The van der Waals surface area contributed by atoms with E-state index in [0.29, 0.717) is 29.4 Å². The highest BCUT2D eigenvalue weighted by Crippen LogP contribution is 2.37. The van der Waals surface area contributed by atoms with Crippen molar-refractivity contribution in [2.45, 2.75) is 26.4 Å². The third-order valence-corrected chi connectivity index (χ3v) is 4.88. The SMILES string of the molecule is CC(=O)Nc1cc(NC(=O)[C@H]2CCO[C@@H]2c2cnn(C)c2C)ccc1Cl. The molecule has 7 nitrogen and oxygen atoms in total. The van der Waals surface area contributed by atoms with E-state index in [2.05, 4.69) is 15.7 Å². The number of carbonyl (C=O) groups excluding carboxylic acids is 2. The van der Waals surface area contributed by atoms with Crippen molar-refractivity contribution in [2.24, 2.45) is 13.0 Å². The van der Waals surface area contributed by atoms with Gasteiger partial charge in [-0.2, -0.15) is 5.10 Å². The Hall–Kier alpha value is -2.38. The maximum Gasteiger partial charge on any atom is 0.230 e. The molecule has 2 N–H and O–H groups in total. The maximum atomic E-state index is 12.8. The van der Waals surface area contributed by atoms with E-state index in [1.165, 1.54) is 6.92 Å². The molecule has 0 bridgehead atoms. The minimum atomic E-state index is -0.314. The van der Waals surface area contributed by atoms with E-state index in [0.717, 1.165) is 11.3 Å². The summed E-state index contributed by atoms with van der Waals surface area (Å²) in [5.41, 5.74) is 2.94. The molecule has 0 radical (unpaired) electrons. The van der Waals surface area contributed by atoms with E-state index < -0.39 is 0 Å². The molecule has 0 saturated carbocycles. The molecule has 2 aromatic rings. The van der Waals surface area contributed by atoms with Crippen LogP contribution in [0.4, 0.5) is 11.4 Å². The lowest BCUT2D eigenvalue weighted by Crippen LogP contribution is -2.25. The molecule has 3 rings (SSSR count). The molecule has 1 aliphatic rings. The van der Waals surface area contributed by atoms with Crippen LogP contribution in [-0.2, 0) is 21.4 Å². The number of hydrogen-bond acceptors (Lipinski definition) is 4. The Kier molecular flexibility index (Phi) is 5.29. The van der Waals surface area contributed by atoms with Gasteiger partial charge in [0.05, 0.1) is 28.9 Å². The summed E-state index contributed by atoms with van der Waals surface area (Å²) in [6.45, 7) is 3.88.